The molecule has 1 aromatic rings. The Labute approximate surface area is 70.9 Å². The third kappa shape index (κ3) is 1.43. The second kappa shape index (κ2) is 3.54. The molecular weight excluding hydrogens is 152 g/mol. The fourth-order valence-electron chi connectivity index (χ4n) is 0.821. The van der Waals surface area contributed by atoms with Crippen molar-refractivity contribution in [1.82, 2.24) is 4.98 Å². The Morgan fingerprint density at radius 1 is 1.75 bits per heavy atom. The molecule has 1 aromatic heterocycles. The summed E-state index contributed by atoms with van der Waals surface area (Å²) in [7, 11) is 1.51. The average Bonchev–Trinajstić information content (AvgIpc) is 2.16. The second-order valence-corrected chi connectivity index (χ2v) is 2.13. The number of methoxy groups -OCH3 is 1. The lowest BCUT2D eigenvalue weighted by Gasteiger charge is -2.01. The van der Waals surface area contributed by atoms with Crippen LogP contribution >= 0.6 is 0 Å². The number of hydrogen-bond acceptors (Lipinski definition) is 3. The Balaban J connectivity index is 3.21. The van der Waals surface area contributed by atoms with Gasteiger partial charge in [-0.25, -0.2) is 0 Å². The molecule has 0 aliphatic heterocycles. The quantitative estimate of drug-likeness (QED) is 0.660. The van der Waals surface area contributed by atoms with E-state index in [0.29, 0.717) is 17.0 Å². The van der Waals surface area contributed by atoms with Gasteiger partial charge in [-0.15, -0.1) is 0 Å². The van der Waals surface area contributed by atoms with Gasteiger partial charge in [0.15, 0.2) is 5.75 Å². The normalized spacial score (nSPS) is 8.67. The van der Waals surface area contributed by atoms with E-state index in [-0.39, 0.29) is 0 Å². The molecule has 0 unspecified atom stereocenters. The smallest absolute Gasteiger partial charge is 0.154 e. The van der Waals surface area contributed by atoms with Gasteiger partial charge in [0.05, 0.1) is 24.6 Å². The van der Waals surface area contributed by atoms with Crippen LogP contribution in [0.1, 0.15) is 11.3 Å². The molecule has 12 heavy (non-hydrogen) atoms. The van der Waals surface area contributed by atoms with Crippen LogP contribution in [0.3, 0.4) is 0 Å². The maximum Gasteiger partial charge on any atom is 0.154 e. The van der Waals surface area contributed by atoms with Gasteiger partial charge in [0, 0.05) is 0 Å². The number of pyridine rings is 1. The van der Waals surface area contributed by atoms with Crippen molar-refractivity contribution < 1.29 is 4.74 Å². The molecule has 0 aliphatic carbocycles. The molecule has 60 valence electrons. The molecule has 0 radical (unpaired) electrons. The van der Waals surface area contributed by atoms with E-state index in [1.807, 2.05) is 6.07 Å². The summed E-state index contributed by atoms with van der Waals surface area (Å²) in [6, 6.07) is 3.64. The first kappa shape index (κ1) is 8.28. The van der Waals surface area contributed by atoms with Crippen LogP contribution in [0, 0.1) is 11.3 Å². The van der Waals surface area contributed by atoms with Gasteiger partial charge in [-0.05, 0) is 12.1 Å². The zero-order chi connectivity index (χ0) is 8.97. The first-order valence-electron chi connectivity index (χ1n) is 3.38. The molecule has 0 saturated carbocycles. The highest BCUT2D eigenvalue weighted by Gasteiger charge is 2.01. The van der Waals surface area contributed by atoms with E-state index in [9.17, 15) is 0 Å². The average molecular weight is 160 g/mol. The third-order valence-electron chi connectivity index (χ3n) is 1.44. The zero-order valence-corrected chi connectivity index (χ0v) is 6.74. The fraction of sp³-hybridized carbons (Fsp3) is 0.111. The maximum atomic E-state index is 8.68. The molecule has 0 atom stereocenters. The molecule has 0 N–H and O–H groups in total. The van der Waals surface area contributed by atoms with Crippen molar-refractivity contribution in [2.24, 2.45) is 0 Å². The Morgan fingerprint density at radius 2 is 2.50 bits per heavy atom. The number of rotatable bonds is 2. The minimum absolute atomic E-state index is 0.474. The Bertz CT molecular complexity index is 339. The Hall–Kier alpha value is -1.82. The molecule has 0 aromatic carbocycles. The number of aromatic nitrogens is 1. The summed E-state index contributed by atoms with van der Waals surface area (Å²) in [5.74, 6) is 0.489. The zero-order valence-electron chi connectivity index (χ0n) is 6.74. The molecule has 1 rings (SSSR count). The van der Waals surface area contributed by atoms with Crippen LogP contribution in [-0.4, -0.2) is 12.1 Å². The van der Waals surface area contributed by atoms with Gasteiger partial charge in [-0.1, -0.05) is 6.58 Å². The van der Waals surface area contributed by atoms with E-state index < -0.39 is 0 Å². The summed E-state index contributed by atoms with van der Waals surface area (Å²) in [6.45, 7) is 3.55. The minimum Gasteiger partial charge on any atom is -0.494 e. The van der Waals surface area contributed by atoms with Gasteiger partial charge >= 0.3 is 0 Å². The van der Waals surface area contributed by atoms with Crippen molar-refractivity contribution in [3.05, 3.63) is 30.1 Å². The Kier molecular flexibility index (Phi) is 2.44. The van der Waals surface area contributed by atoms with Crippen LogP contribution in [0.15, 0.2) is 18.8 Å². The SMILES string of the molecule is C=Cc1cc(C#N)c(OC)cn1. The van der Waals surface area contributed by atoms with Gasteiger partial charge in [0.25, 0.3) is 0 Å². The topological polar surface area (TPSA) is 45.9 Å². The van der Waals surface area contributed by atoms with Gasteiger partial charge in [-0.2, -0.15) is 5.26 Å². The highest BCUT2D eigenvalue weighted by molar-refractivity contribution is 5.50. The molecule has 0 amide bonds. The van der Waals surface area contributed by atoms with E-state index in [1.165, 1.54) is 13.3 Å². The maximum absolute atomic E-state index is 8.68. The molecule has 0 aliphatic rings. The van der Waals surface area contributed by atoms with Crippen LogP contribution in [0.25, 0.3) is 6.08 Å². The number of nitriles is 1. The fourth-order valence-corrected chi connectivity index (χ4v) is 0.821. The van der Waals surface area contributed by atoms with Gasteiger partial charge in [0.2, 0.25) is 0 Å². The number of hydrogen-bond donors (Lipinski definition) is 0. The molecule has 0 fully saturated rings. The molecule has 1 heterocycles. The number of nitrogens with zero attached hydrogens (tertiary/aromatic N) is 2. The second-order valence-electron chi connectivity index (χ2n) is 2.13. The van der Waals surface area contributed by atoms with Crippen molar-refractivity contribution in [1.29, 1.82) is 5.26 Å². The van der Waals surface area contributed by atoms with Crippen molar-refractivity contribution >= 4 is 6.08 Å². The van der Waals surface area contributed by atoms with Crippen LogP contribution in [0.5, 0.6) is 5.75 Å². The Morgan fingerprint density at radius 3 is 3.00 bits per heavy atom. The highest BCUT2D eigenvalue weighted by atomic mass is 16.5. The predicted molar refractivity (Wildman–Crippen MR) is 45.6 cm³/mol. The lowest BCUT2D eigenvalue weighted by atomic mass is 10.2. The van der Waals surface area contributed by atoms with Gasteiger partial charge in [-0.3, -0.25) is 4.98 Å². The highest BCUT2D eigenvalue weighted by Crippen LogP contribution is 2.16. The van der Waals surface area contributed by atoms with Gasteiger partial charge in [0.1, 0.15) is 6.07 Å². The summed E-state index contributed by atoms with van der Waals surface area (Å²) in [5, 5.41) is 8.68. The van der Waals surface area contributed by atoms with Gasteiger partial charge < -0.3 is 4.74 Å². The lowest BCUT2D eigenvalue weighted by Crippen LogP contribution is -1.90. The van der Waals surface area contributed by atoms with E-state index in [1.54, 1.807) is 12.1 Å². The molecular formula is C9H8N2O. The summed E-state index contributed by atoms with van der Waals surface area (Å²) in [6.07, 6.45) is 3.09. The first-order chi connectivity index (χ1) is 5.81. The third-order valence-corrected chi connectivity index (χ3v) is 1.44. The number of ether oxygens (including phenoxy) is 1. The molecule has 0 spiro atoms. The van der Waals surface area contributed by atoms with Crippen LogP contribution in [0.2, 0.25) is 0 Å². The summed E-state index contributed by atoms with van der Waals surface area (Å²) in [5.41, 5.74) is 1.15. The van der Waals surface area contributed by atoms with Crippen molar-refractivity contribution in [3.63, 3.8) is 0 Å². The van der Waals surface area contributed by atoms with E-state index >= 15 is 0 Å². The van der Waals surface area contributed by atoms with E-state index in [2.05, 4.69) is 11.6 Å². The summed E-state index contributed by atoms with van der Waals surface area (Å²) in [4.78, 5) is 3.98. The van der Waals surface area contributed by atoms with Crippen molar-refractivity contribution in [2.75, 3.05) is 7.11 Å². The predicted octanol–water partition coefficient (Wildman–Crippen LogP) is 1.60. The largest absolute Gasteiger partial charge is 0.494 e. The molecule has 0 saturated heterocycles. The molecule has 0 bridgehead atoms. The van der Waals surface area contributed by atoms with Crippen LogP contribution in [0.4, 0.5) is 0 Å². The van der Waals surface area contributed by atoms with Crippen molar-refractivity contribution in [2.45, 2.75) is 0 Å². The standard InChI is InChI=1S/C9H8N2O/c1-3-8-4-7(5-10)9(12-2)6-11-8/h3-4,6H,1H2,2H3. The molecule has 3 heteroatoms. The van der Waals surface area contributed by atoms with E-state index in [4.69, 9.17) is 10.00 Å². The summed E-state index contributed by atoms with van der Waals surface area (Å²) < 4.78 is 4.92. The summed E-state index contributed by atoms with van der Waals surface area (Å²) >= 11 is 0. The van der Waals surface area contributed by atoms with Crippen LogP contribution < -0.4 is 4.74 Å². The minimum atomic E-state index is 0.474. The van der Waals surface area contributed by atoms with Crippen LogP contribution in [-0.2, 0) is 0 Å². The monoisotopic (exact) mass is 160 g/mol. The van der Waals surface area contributed by atoms with Crippen molar-refractivity contribution in [3.8, 4) is 11.8 Å². The lowest BCUT2D eigenvalue weighted by molar-refractivity contribution is 0.411. The molecule has 3 nitrogen and oxygen atoms in total. The first-order valence-corrected chi connectivity index (χ1v) is 3.38. The van der Waals surface area contributed by atoms with E-state index in [0.717, 1.165) is 0 Å².